The normalized spacial score (nSPS) is 11.4. The van der Waals surface area contributed by atoms with Crippen LogP contribution in [0.1, 0.15) is 16.1 Å². The summed E-state index contributed by atoms with van der Waals surface area (Å²) >= 11 is 5.84. The maximum atomic E-state index is 12.2. The molecule has 0 aliphatic carbocycles. The van der Waals surface area contributed by atoms with Crippen molar-refractivity contribution in [2.24, 2.45) is 7.05 Å². The molecule has 9 heteroatoms. The van der Waals surface area contributed by atoms with Gasteiger partial charge in [0.2, 0.25) is 0 Å². The maximum Gasteiger partial charge on any atom is 0.352 e. The molecule has 112 valence electrons. The number of hydrogen-bond donors (Lipinski definition) is 2. The highest BCUT2D eigenvalue weighted by Crippen LogP contribution is 2.24. The fraction of sp³-hybridized carbons (Fsp3) is 0.167. The minimum Gasteiger partial charge on any atom is -0.477 e. The van der Waals surface area contributed by atoms with E-state index in [1.54, 1.807) is 6.92 Å². The van der Waals surface area contributed by atoms with Crippen molar-refractivity contribution in [3.8, 4) is 0 Å². The number of rotatable bonds is 4. The van der Waals surface area contributed by atoms with E-state index in [4.69, 9.17) is 16.7 Å². The molecule has 0 amide bonds. The van der Waals surface area contributed by atoms with E-state index in [9.17, 15) is 13.2 Å². The minimum absolute atomic E-state index is 0.0126. The SMILES string of the molecule is Cc1cnc(Cl)c(NS(=O)(=O)c2cc(C(=O)O)n(C)c2)c1. The van der Waals surface area contributed by atoms with E-state index in [0.717, 1.165) is 11.6 Å². The first-order valence-electron chi connectivity index (χ1n) is 5.75. The topological polar surface area (TPSA) is 101 Å². The Bertz CT molecular complexity index is 814. The summed E-state index contributed by atoms with van der Waals surface area (Å²) in [6, 6.07) is 2.61. The van der Waals surface area contributed by atoms with Gasteiger partial charge in [0, 0.05) is 19.4 Å². The van der Waals surface area contributed by atoms with Gasteiger partial charge in [0.05, 0.1) is 5.69 Å². The molecule has 2 aromatic heterocycles. The maximum absolute atomic E-state index is 12.2. The summed E-state index contributed by atoms with van der Waals surface area (Å²) < 4.78 is 28.0. The van der Waals surface area contributed by atoms with E-state index < -0.39 is 16.0 Å². The van der Waals surface area contributed by atoms with Gasteiger partial charge in [-0.15, -0.1) is 0 Å². The molecule has 0 saturated carbocycles. The molecule has 7 nitrogen and oxygen atoms in total. The van der Waals surface area contributed by atoms with Gasteiger partial charge in [0.15, 0.2) is 5.15 Å². The van der Waals surface area contributed by atoms with Gasteiger partial charge in [-0.1, -0.05) is 11.6 Å². The van der Waals surface area contributed by atoms with Crippen molar-refractivity contribution in [1.82, 2.24) is 9.55 Å². The highest BCUT2D eigenvalue weighted by Gasteiger charge is 2.21. The van der Waals surface area contributed by atoms with Crippen LogP contribution in [0.15, 0.2) is 29.4 Å². The Morgan fingerprint density at radius 3 is 2.67 bits per heavy atom. The van der Waals surface area contributed by atoms with Crippen LogP contribution < -0.4 is 4.72 Å². The molecule has 2 rings (SSSR count). The second-order valence-electron chi connectivity index (χ2n) is 4.43. The number of anilines is 1. The zero-order valence-corrected chi connectivity index (χ0v) is 12.7. The minimum atomic E-state index is -3.95. The lowest BCUT2D eigenvalue weighted by atomic mass is 10.3. The van der Waals surface area contributed by atoms with Crippen LogP contribution in [0.3, 0.4) is 0 Å². The summed E-state index contributed by atoms with van der Waals surface area (Å²) in [6.07, 6.45) is 2.72. The van der Waals surface area contributed by atoms with Gasteiger partial charge in [-0.25, -0.2) is 18.2 Å². The average Bonchev–Trinajstić information content (AvgIpc) is 2.77. The van der Waals surface area contributed by atoms with Gasteiger partial charge in [0.25, 0.3) is 10.0 Å². The van der Waals surface area contributed by atoms with E-state index in [-0.39, 0.29) is 21.4 Å². The third kappa shape index (κ3) is 3.17. The van der Waals surface area contributed by atoms with Gasteiger partial charge < -0.3 is 9.67 Å². The number of aromatic carboxylic acids is 1. The number of nitrogens with zero attached hydrogens (tertiary/aromatic N) is 2. The summed E-state index contributed by atoms with van der Waals surface area (Å²) in [6.45, 7) is 1.74. The molecular weight excluding hydrogens is 318 g/mol. The van der Waals surface area contributed by atoms with Gasteiger partial charge in [-0.2, -0.15) is 0 Å². The van der Waals surface area contributed by atoms with Crippen LogP contribution in [0.5, 0.6) is 0 Å². The van der Waals surface area contributed by atoms with E-state index >= 15 is 0 Å². The second-order valence-corrected chi connectivity index (χ2v) is 6.47. The molecule has 2 heterocycles. The van der Waals surface area contributed by atoms with Crippen molar-refractivity contribution in [2.75, 3.05) is 4.72 Å². The zero-order valence-electron chi connectivity index (χ0n) is 11.2. The van der Waals surface area contributed by atoms with Crippen LogP contribution in [-0.4, -0.2) is 29.0 Å². The fourth-order valence-electron chi connectivity index (χ4n) is 1.72. The molecule has 0 radical (unpaired) electrons. The van der Waals surface area contributed by atoms with Crippen LogP contribution in [0, 0.1) is 6.92 Å². The zero-order chi connectivity index (χ0) is 15.8. The molecule has 2 N–H and O–H groups in total. The molecular formula is C12H12ClN3O4S. The van der Waals surface area contributed by atoms with Crippen LogP contribution in [-0.2, 0) is 17.1 Å². The first kappa shape index (κ1) is 15.3. The molecule has 21 heavy (non-hydrogen) atoms. The van der Waals surface area contributed by atoms with Crippen molar-refractivity contribution in [1.29, 1.82) is 0 Å². The number of pyridine rings is 1. The number of halogens is 1. The standard InChI is InChI=1S/C12H12ClN3O4S/c1-7-3-9(11(13)14-5-7)15-21(19,20)8-4-10(12(17)18)16(2)6-8/h3-6,15H,1-2H3,(H,17,18). The first-order chi connectivity index (χ1) is 9.70. The third-order valence-electron chi connectivity index (χ3n) is 2.73. The number of hydrogen-bond acceptors (Lipinski definition) is 4. The Kier molecular flexibility index (Phi) is 3.93. The predicted octanol–water partition coefficient (Wildman–Crippen LogP) is 1.88. The third-order valence-corrected chi connectivity index (χ3v) is 4.36. The molecule has 0 unspecified atom stereocenters. The largest absolute Gasteiger partial charge is 0.477 e. The predicted molar refractivity (Wildman–Crippen MR) is 77.2 cm³/mol. The van der Waals surface area contributed by atoms with E-state index in [0.29, 0.717) is 0 Å². The van der Waals surface area contributed by atoms with Gasteiger partial charge in [-0.3, -0.25) is 4.72 Å². The Morgan fingerprint density at radius 1 is 1.43 bits per heavy atom. The molecule has 0 fully saturated rings. The molecule has 0 spiro atoms. The van der Waals surface area contributed by atoms with E-state index in [1.165, 1.54) is 30.1 Å². The summed E-state index contributed by atoms with van der Waals surface area (Å²) in [5, 5.41) is 8.96. The van der Waals surface area contributed by atoms with Gasteiger partial charge in [0.1, 0.15) is 10.6 Å². The molecule has 2 aromatic rings. The number of sulfonamides is 1. The summed E-state index contributed by atoms with van der Waals surface area (Å²) in [5.41, 5.74) is 0.734. The lowest BCUT2D eigenvalue weighted by molar-refractivity contribution is 0.0686. The van der Waals surface area contributed by atoms with E-state index in [1.807, 2.05) is 0 Å². The van der Waals surface area contributed by atoms with Crippen molar-refractivity contribution >= 4 is 33.3 Å². The van der Waals surface area contributed by atoms with Crippen LogP contribution >= 0.6 is 11.6 Å². The molecule has 0 atom stereocenters. The van der Waals surface area contributed by atoms with Crippen molar-refractivity contribution in [3.05, 3.63) is 40.9 Å². The van der Waals surface area contributed by atoms with Gasteiger partial charge in [-0.05, 0) is 24.6 Å². The number of carbonyl (C=O) groups is 1. The van der Waals surface area contributed by atoms with Gasteiger partial charge >= 0.3 is 5.97 Å². The Morgan fingerprint density at radius 2 is 2.10 bits per heavy atom. The molecule has 0 bridgehead atoms. The smallest absolute Gasteiger partial charge is 0.352 e. The van der Waals surface area contributed by atoms with Crippen LogP contribution in [0.2, 0.25) is 5.15 Å². The number of carboxylic acids is 1. The highest BCUT2D eigenvalue weighted by molar-refractivity contribution is 7.92. The molecule has 0 aromatic carbocycles. The first-order valence-corrected chi connectivity index (χ1v) is 7.61. The summed E-state index contributed by atoms with van der Waals surface area (Å²) in [4.78, 5) is 14.6. The molecule has 0 aliphatic rings. The van der Waals surface area contributed by atoms with E-state index in [2.05, 4.69) is 9.71 Å². The summed E-state index contributed by atoms with van der Waals surface area (Å²) in [7, 11) is -2.50. The monoisotopic (exact) mass is 329 g/mol. The Labute approximate surface area is 126 Å². The Hall–Kier alpha value is -2.06. The Balaban J connectivity index is 2.41. The number of aromatic nitrogens is 2. The van der Waals surface area contributed by atoms with Crippen molar-refractivity contribution in [3.63, 3.8) is 0 Å². The lowest BCUT2D eigenvalue weighted by Gasteiger charge is -2.08. The number of aryl methyl sites for hydroxylation is 2. The highest BCUT2D eigenvalue weighted by atomic mass is 35.5. The quantitative estimate of drug-likeness (QED) is 0.834. The molecule has 0 aliphatic heterocycles. The van der Waals surface area contributed by atoms with Crippen molar-refractivity contribution < 1.29 is 18.3 Å². The lowest BCUT2D eigenvalue weighted by Crippen LogP contribution is -2.13. The van der Waals surface area contributed by atoms with Crippen LogP contribution in [0.25, 0.3) is 0 Å². The average molecular weight is 330 g/mol. The second kappa shape index (κ2) is 5.38. The molecule has 0 saturated heterocycles. The van der Waals surface area contributed by atoms with Crippen molar-refractivity contribution in [2.45, 2.75) is 11.8 Å². The number of nitrogens with one attached hydrogen (secondary N) is 1. The fourth-order valence-corrected chi connectivity index (χ4v) is 3.05. The number of carboxylic acid groups (broad SMARTS) is 1. The van der Waals surface area contributed by atoms with Crippen LogP contribution in [0.4, 0.5) is 5.69 Å². The summed E-state index contributed by atoms with van der Waals surface area (Å²) in [5.74, 6) is -1.21.